The summed E-state index contributed by atoms with van der Waals surface area (Å²) in [6.45, 7) is 10.5. The molecule has 0 bridgehead atoms. The van der Waals surface area contributed by atoms with Crippen molar-refractivity contribution >= 4 is 12.0 Å². The Bertz CT molecular complexity index is 799. The first-order chi connectivity index (χ1) is 13.5. The first-order valence-corrected chi connectivity index (χ1v) is 9.95. The Labute approximate surface area is 168 Å². The first kappa shape index (κ1) is 20.2. The lowest BCUT2D eigenvalue weighted by molar-refractivity contribution is -0.135. The van der Waals surface area contributed by atoms with E-state index in [-0.39, 0.29) is 12.5 Å². The van der Waals surface area contributed by atoms with Crippen molar-refractivity contribution in [2.24, 2.45) is 0 Å². The predicted molar refractivity (Wildman–Crippen MR) is 115 cm³/mol. The molecule has 148 valence electrons. The van der Waals surface area contributed by atoms with E-state index in [1.165, 1.54) is 11.1 Å². The number of benzene rings is 2. The van der Waals surface area contributed by atoms with Crippen molar-refractivity contribution in [1.82, 2.24) is 9.80 Å². The van der Waals surface area contributed by atoms with Gasteiger partial charge in [-0.15, -0.1) is 0 Å². The number of hydrogen-bond acceptors (Lipinski definition) is 3. The maximum Gasteiger partial charge on any atom is 0.260 e. The van der Waals surface area contributed by atoms with Gasteiger partial charge in [0.25, 0.3) is 5.91 Å². The van der Waals surface area contributed by atoms with Gasteiger partial charge in [0, 0.05) is 32.7 Å². The lowest BCUT2D eigenvalue weighted by Crippen LogP contribution is -2.49. The van der Waals surface area contributed by atoms with Crippen LogP contribution in [0.3, 0.4) is 0 Å². The highest BCUT2D eigenvalue weighted by Gasteiger charge is 2.21. The molecule has 1 amide bonds. The number of carbonyl (C=O) groups is 1. The molecule has 0 spiro atoms. The summed E-state index contributed by atoms with van der Waals surface area (Å²) in [6, 6.07) is 14.5. The van der Waals surface area contributed by atoms with Crippen molar-refractivity contribution < 1.29 is 9.53 Å². The second-order valence-corrected chi connectivity index (χ2v) is 7.51. The zero-order valence-electron chi connectivity index (χ0n) is 17.1. The lowest BCUT2D eigenvalue weighted by atomic mass is 10.1. The van der Waals surface area contributed by atoms with Gasteiger partial charge in [0.15, 0.2) is 6.61 Å². The maximum absolute atomic E-state index is 12.5. The molecule has 3 rings (SSSR count). The van der Waals surface area contributed by atoms with E-state index in [9.17, 15) is 4.79 Å². The Morgan fingerprint density at radius 3 is 2.29 bits per heavy atom. The Hall–Kier alpha value is -2.59. The molecule has 1 aliphatic heterocycles. The van der Waals surface area contributed by atoms with Crippen LogP contribution in [0.25, 0.3) is 6.08 Å². The van der Waals surface area contributed by atoms with Gasteiger partial charge in [0.05, 0.1) is 0 Å². The Morgan fingerprint density at radius 2 is 1.64 bits per heavy atom. The molecule has 2 aromatic rings. The minimum Gasteiger partial charge on any atom is -0.483 e. The Morgan fingerprint density at radius 1 is 1.00 bits per heavy atom. The topological polar surface area (TPSA) is 32.8 Å². The van der Waals surface area contributed by atoms with Gasteiger partial charge in [-0.1, -0.05) is 60.2 Å². The molecule has 1 aliphatic rings. The van der Waals surface area contributed by atoms with Crippen molar-refractivity contribution in [2.45, 2.75) is 20.8 Å². The van der Waals surface area contributed by atoms with Gasteiger partial charge >= 0.3 is 0 Å². The first-order valence-electron chi connectivity index (χ1n) is 9.95. The monoisotopic (exact) mass is 378 g/mol. The third kappa shape index (κ3) is 5.46. The zero-order valence-corrected chi connectivity index (χ0v) is 17.1. The minimum atomic E-state index is 0.0684. The molecule has 28 heavy (non-hydrogen) atoms. The largest absolute Gasteiger partial charge is 0.483 e. The minimum absolute atomic E-state index is 0.0684. The van der Waals surface area contributed by atoms with Crippen LogP contribution < -0.4 is 4.74 Å². The third-order valence-electron chi connectivity index (χ3n) is 5.14. The molecule has 0 radical (unpaired) electrons. The third-order valence-corrected chi connectivity index (χ3v) is 5.14. The van der Waals surface area contributed by atoms with E-state index in [2.05, 4.69) is 48.2 Å². The van der Waals surface area contributed by atoms with Crippen LogP contribution in [-0.2, 0) is 4.79 Å². The van der Waals surface area contributed by atoms with Gasteiger partial charge in [0.2, 0.25) is 0 Å². The van der Waals surface area contributed by atoms with E-state index in [1.807, 2.05) is 36.9 Å². The van der Waals surface area contributed by atoms with Crippen LogP contribution in [0.4, 0.5) is 0 Å². The molecule has 0 unspecified atom stereocenters. The fourth-order valence-corrected chi connectivity index (χ4v) is 3.70. The van der Waals surface area contributed by atoms with E-state index >= 15 is 0 Å². The van der Waals surface area contributed by atoms with Gasteiger partial charge in [-0.25, -0.2) is 0 Å². The number of rotatable bonds is 6. The van der Waals surface area contributed by atoms with Crippen LogP contribution in [0, 0.1) is 20.8 Å². The summed E-state index contributed by atoms with van der Waals surface area (Å²) in [6.07, 6.45) is 4.34. The fourth-order valence-electron chi connectivity index (χ4n) is 3.70. The molecule has 1 fully saturated rings. The fraction of sp³-hybridized carbons (Fsp3) is 0.375. The van der Waals surface area contributed by atoms with Gasteiger partial charge < -0.3 is 9.64 Å². The van der Waals surface area contributed by atoms with Crippen LogP contribution in [-0.4, -0.2) is 55.0 Å². The SMILES string of the molecule is Cc1cc(C)c(OCC(=O)N2CCN(C/C=C/c3ccccc3)CC2)c(C)c1. The van der Waals surface area contributed by atoms with Crippen molar-refractivity contribution in [3.8, 4) is 5.75 Å². The van der Waals surface area contributed by atoms with Crippen molar-refractivity contribution in [3.05, 3.63) is 70.8 Å². The highest BCUT2D eigenvalue weighted by molar-refractivity contribution is 5.78. The molecule has 0 aliphatic carbocycles. The highest BCUT2D eigenvalue weighted by atomic mass is 16.5. The van der Waals surface area contributed by atoms with E-state index < -0.39 is 0 Å². The number of nitrogens with zero attached hydrogens (tertiary/aromatic N) is 2. The average molecular weight is 379 g/mol. The molecule has 1 saturated heterocycles. The molecule has 4 nitrogen and oxygen atoms in total. The second kappa shape index (κ2) is 9.56. The van der Waals surface area contributed by atoms with Gasteiger partial charge in [0.1, 0.15) is 5.75 Å². The normalized spacial score (nSPS) is 15.2. The van der Waals surface area contributed by atoms with Crippen LogP contribution >= 0.6 is 0 Å². The van der Waals surface area contributed by atoms with Crippen LogP contribution in [0.15, 0.2) is 48.5 Å². The summed E-state index contributed by atoms with van der Waals surface area (Å²) in [5, 5.41) is 0. The number of ether oxygens (including phenoxy) is 1. The van der Waals surface area contributed by atoms with E-state index in [4.69, 9.17) is 4.74 Å². The molecule has 0 N–H and O–H groups in total. The van der Waals surface area contributed by atoms with Crippen molar-refractivity contribution in [1.29, 1.82) is 0 Å². The van der Waals surface area contributed by atoms with Crippen molar-refractivity contribution in [2.75, 3.05) is 39.3 Å². The van der Waals surface area contributed by atoms with E-state index in [1.54, 1.807) is 0 Å². The number of amides is 1. The quantitative estimate of drug-likeness (QED) is 0.765. The maximum atomic E-state index is 12.5. The molecular weight excluding hydrogens is 348 g/mol. The van der Waals surface area contributed by atoms with Crippen molar-refractivity contribution in [3.63, 3.8) is 0 Å². The molecule has 0 saturated carbocycles. The standard InChI is InChI=1S/C24H30N2O2/c1-19-16-20(2)24(21(3)17-19)28-18-23(27)26-14-12-25(13-15-26)11-7-10-22-8-5-4-6-9-22/h4-10,16-17H,11-15,18H2,1-3H3/b10-7+. The molecule has 2 aromatic carbocycles. The number of piperazine rings is 1. The molecule has 0 atom stereocenters. The second-order valence-electron chi connectivity index (χ2n) is 7.51. The molecule has 0 aromatic heterocycles. The summed E-state index contributed by atoms with van der Waals surface area (Å²) < 4.78 is 5.86. The Balaban J connectivity index is 1.43. The predicted octanol–water partition coefficient (Wildman–Crippen LogP) is 3.85. The molecular formula is C24H30N2O2. The highest BCUT2D eigenvalue weighted by Crippen LogP contribution is 2.24. The van der Waals surface area contributed by atoms with Crippen LogP contribution in [0.1, 0.15) is 22.3 Å². The lowest BCUT2D eigenvalue weighted by Gasteiger charge is -2.34. The van der Waals surface area contributed by atoms with Gasteiger partial charge in [-0.3, -0.25) is 9.69 Å². The zero-order chi connectivity index (χ0) is 19.9. The number of aryl methyl sites for hydroxylation is 3. The van der Waals surface area contributed by atoms with E-state index in [0.717, 1.165) is 49.6 Å². The van der Waals surface area contributed by atoms with Crippen LogP contribution in [0.2, 0.25) is 0 Å². The average Bonchev–Trinajstić information content (AvgIpc) is 2.68. The summed E-state index contributed by atoms with van der Waals surface area (Å²) in [4.78, 5) is 16.8. The van der Waals surface area contributed by atoms with Crippen LogP contribution in [0.5, 0.6) is 5.75 Å². The molecule has 4 heteroatoms. The summed E-state index contributed by atoms with van der Waals surface area (Å²) in [5.74, 6) is 0.905. The summed E-state index contributed by atoms with van der Waals surface area (Å²) in [7, 11) is 0. The van der Waals surface area contributed by atoms with E-state index in [0.29, 0.717) is 0 Å². The summed E-state index contributed by atoms with van der Waals surface area (Å²) in [5.41, 5.74) is 4.60. The number of hydrogen-bond donors (Lipinski definition) is 0. The van der Waals surface area contributed by atoms with Gasteiger partial charge in [-0.05, 0) is 37.5 Å². The summed E-state index contributed by atoms with van der Waals surface area (Å²) >= 11 is 0. The molecule has 1 heterocycles. The van der Waals surface area contributed by atoms with Gasteiger partial charge in [-0.2, -0.15) is 0 Å². The smallest absolute Gasteiger partial charge is 0.260 e. The number of carbonyl (C=O) groups excluding carboxylic acids is 1. The Kier molecular flexibility index (Phi) is 6.88.